The van der Waals surface area contributed by atoms with E-state index < -0.39 is 0 Å². The highest BCUT2D eigenvalue weighted by Crippen LogP contribution is 2.41. The molecular weight excluding hydrogens is 246 g/mol. The van der Waals surface area contributed by atoms with Crippen LogP contribution in [-0.2, 0) is 0 Å². The molecule has 3 heteroatoms. The number of hydrogen-bond donors (Lipinski definition) is 0. The van der Waals surface area contributed by atoms with E-state index in [9.17, 15) is 0 Å². The molecule has 3 nitrogen and oxygen atoms in total. The van der Waals surface area contributed by atoms with Gasteiger partial charge >= 0.3 is 0 Å². The molecule has 0 bridgehead atoms. The van der Waals surface area contributed by atoms with Gasteiger partial charge in [0.25, 0.3) is 0 Å². The summed E-state index contributed by atoms with van der Waals surface area (Å²) in [6.45, 7) is 0. The monoisotopic (exact) mass is 261 g/mol. The van der Waals surface area contributed by atoms with E-state index in [1.807, 2.05) is 36.4 Å². The van der Waals surface area contributed by atoms with E-state index in [2.05, 4.69) is 39.0 Å². The van der Waals surface area contributed by atoms with E-state index in [1.54, 1.807) is 0 Å². The van der Waals surface area contributed by atoms with E-state index in [-0.39, 0.29) is 0 Å². The van der Waals surface area contributed by atoms with Crippen molar-refractivity contribution in [3.63, 3.8) is 0 Å². The van der Waals surface area contributed by atoms with Gasteiger partial charge in [0.2, 0.25) is 0 Å². The molecule has 3 aromatic rings. The lowest BCUT2D eigenvalue weighted by Gasteiger charge is -2.09. The zero-order valence-corrected chi connectivity index (χ0v) is 11.1. The second-order valence-electron chi connectivity index (χ2n) is 5.18. The highest BCUT2D eigenvalue weighted by molar-refractivity contribution is 5.63. The molecule has 0 N–H and O–H groups in total. The number of rotatable bonds is 3. The van der Waals surface area contributed by atoms with Crippen LogP contribution in [0.5, 0.6) is 0 Å². The molecule has 0 spiro atoms. The lowest BCUT2D eigenvalue weighted by atomic mass is 10.2. The van der Waals surface area contributed by atoms with Crippen molar-refractivity contribution < 1.29 is 0 Å². The summed E-state index contributed by atoms with van der Waals surface area (Å²) in [6, 6.07) is 21.2. The summed E-state index contributed by atoms with van der Waals surface area (Å²) in [6.07, 6.45) is 2.44. The fourth-order valence-electron chi connectivity index (χ4n) is 2.54. The Kier molecular flexibility index (Phi) is 2.62. The Morgan fingerprint density at radius 3 is 1.55 bits per heavy atom. The van der Waals surface area contributed by atoms with Crippen molar-refractivity contribution in [3.8, 4) is 22.8 Å². The van der Waals surface area contributed by atoms with Gasteiger partial charge in [-0.05, 0) is 12.8 Å². The standard InChI is InChI=1S/C17H15N3/c1-3-7-13(8-4-1)16-18-19-17(20(16)15-11-12-15)14-9-5-2-6-10-14/h1-10,15H,11-12H2. The summed E-state index contributed by atoms with van der Waals surface area (Å²) in [5, 5.41) is 8.87. The van der Waals surface area contributed by atoms with Crippen LogP contribution < -0.4 is 0 Å². The minimum atomic E-state index is 0.551. The molecule has 1 aliphatic carbocycles. The van der Waals surface area contributed by atoms with Crippen LogP contribution in [0.15, 0.2) is 60.7 Å². The SMILES string of the molecule is c1ccc(-c2nnc(-c3ccccc3)n2C2CC2)cc1. The van der Waals surface area contributed by atoms with Gasteiger partial charge < -0.3 is 4.57 Å². The topological polar surface area (TPSA) is 30.7 Å². The number of hydrogen-bond acceptors (Lipinski definition) is 2. The second kappa shape index (κ2) is 4.60. The number of nitrogens with zero attached hydrogens (tertiary/aromatic N) is 3. The smallest absolute Gasteiger partial charge is 0.164 e. The van der Waals surface area contributed by atoms with Crippen molar-refractivity contribution in [2.45, 2.75) is 18.9 Å². The maximum atomic E-state index is 4.44. The first-order chi connectivity index (χ1) is 9.93. The largest absolute Gasteiger partial charge is 0.304 e. The third kappa shape index (κ3) is 1.92. The van der Waals surface area contributed by atoms with Crippen LogP contribution >= 0.6 is 0 Å². The summed E-state index contributed by atoms with van der Waals surface area (Å²) in [5.41, 5.74) is 2.27. The average molecular weight is 261 g/mol. The Balaban J connectivity index is 1.88. The molecular formula is C17H15N3. The highest BCUT2D eigenvalue weighted by atomic mass is 15.3. The molecule has 1 heterocycles. The first-order valence-electron chi connectivity index (χ1n) is 6.99. The second-order valence-corrected chi connectivity index (χ2v) is 5.18. The summed E-state index contributed by atoms with van der Waals surface area (Å²) in [5.74, 6) is 1.96. The van der Waals surface area contributed by atoms with Crippen LogP contribution in [0.4, 0.5) is 0 Å². The van der Waals surface area contributed by atoms with Crippen molar-refractivity contribution in [1.82, 2.24) is 14.8 Å². The van der Waals surface area contributed by atoms with Crippen LogP contribution in [0.3, 0.4) is 0 Å². The molecule has 1 fully saturated rings. The predicted molar refractivity (Wildman–Crippen MR) is 79.2 cm³/mol. The fraction of sp³-hybridized carbons (Fsp3) is 0.176. The Morgan fingerprint density at radius 2 is 1.15 bits per heavy atom. The van der Waals surface area contributed by atoms with Gasteiger partial charge in [-0.15, -0.1) is 10.2 Å². The van der Waals surface area contributed by atoms with Gasteiger partial charge in [0, 0.05) is 17.2 Å². The molecule has 0 radical (unpaired) electrons. The van der Waals surface area contributed by atoms with Crippen molar-refractivity contribution in [3.05, 3.63) is 60.7 Å². The van der Waals surface area contributed by atoms with E-state index in [0.717, 1.165) is 22.8 Å². The summed E-state index contributed by atoms with van der Waals surface area (Å²) in [4.78, 5) is 0. The Morgan fingerprint density at radius 1 is 0.700 bits per heavy atom. The molecule has 20 heavy (non-hydrogen) atoms. The third-order valence-corrected chi connectivity index (χ3v) is 3.67. The van der Waals surface area contributed by atoms with Crippen molar-refractivity contribution in [1.29, 1.82) is 0 Å². The number of benzene rings is 2. The van der Waals surface area contributed by atoms with Gasteiger partial charge in [-0.2, -0.15) is 0 Å². The van der Waals surface area contributed by atoms with Crippen molar-refractivity contribution >= 4 is 0 Å². The summed E-state index contributed by atoms with van der Waals surface area (Å²) in [7, 11) is 0. The van der Waals surface area contributed by atoms with Gasteiger partial charge in [0.05, 0.1) is 0 Å². The van der Waals surface area contributed by atoms with Gasteiger partial charge in [-0.1, -0.05) is 60.7 Å². The average Bonchev–Trinajstić information content (AvgIpc) is 3.27. The molecule has 2 aromatic carbocycles. The number of aromatic nitrogens is 3. The van der Waals surface area contributed by atoms with Gasteiger partial charge in [0.15, 0.2) is 11.6 Å². The molecule has 0 atom stereocenters. The lowest BCUT2D eigenvalue weighted by molar-refractivity contribution is 0.754. The maximum absolute atomic E-state index is 4.44. The molecule has 1 saturated carbocycles. The van der Waals surface area contributed by atoms with Crippen LogP contribution in [0.1, 0.15) is 18.9 Å². The van der Waals surface area contributed by atoms with Crippen molar-refractivity contribution in [2.75, 3.05) is 0 Å². The Bertz CT molecular complexity index is 656. The first-order valence-corrected chi connectivity index (χ1v) is 6.99. The fourth-order valence-corrected chi connectivity index (χ4v) is 2.54. The van der Waals surface area contributed by atoms with Crippen LogP contribution in [0, 0.1) is 0 Å². The maximum Gasteiger partial charge on any atom is 0.164 e. The quantitative estimate of drug-likeness (QED) is 0.714. The summed E-state index contributed by atoms with van der Waals surface area (Å²) < 4.78 is 2.30. The third-order valence-electron chi connectivity index (χ3n) is 3.67. The normalized spacial score (nSPS) is 14.4. The van der Waals surface area contributed by atoms with E-state index >= 15 is 0 Å². The van der Waals surface area contributed by atoms with Gasteiger partial charge in [-0.25, -0.2) is 0 Å². The minimum absolute atomic E-state index is 0.551. The molecule has 1 aliphatic rings. The van der Waals surface area contributed by atoms with E-state index in [0.29, 0.717) is 6.04 Å². The summed E-state index contributed by atoms with van der Waals surface area (Å²) >= 11 is 0. The van der Waals surface area contributed by atoms with Gasteiger partial charge in [0.1, 0.15) is 0 Å². The molecule has 0 unspecified atom stereocenters. The lowest BCUT2D eigenvalue weighted by Crippen LogP contribution is -2.00. The zero-order chi connectivity index (χ0) is 13.4. The molecule has 4 rings (SSSR count). The zero-order valence-electron chi connectivity index (χ0n) is 11.1. The molecule has 0 saturated heterocycles. The Labute approximate surface area is 117 Å². The minimum Gasteiger partial charge on any atom is -0.304 e. The first kappa shape index (κ1) is 11.4. The van der Waals surface area contributed by atoms with Crippen molar-refractivity contribution in [2.24, 2.45) is 0 Å². The molecule has 0 aliphatic heterocycles. The molecule has 98 valence electrons. The predicted octanol–water partition coefficient (Wildman–Crippen LogP) is 3.95. The van der Waals surface area contributed by atoms with E-state index in [1.165, 1.54) is 12.8 Å². The van der Waals surface area contributed by atoms with Crippen LogP contribution in [0.25, 0.3) is 22.8 Å². The van der Waals surface area contributed by atoms with Crippen LogP contribution in [0.2, 0.25) is 0 Å². The van der Waals surface area contributed by atoms with Crippen LogP contribution in [-0.4, -0.2) is 14.8 Å². The molecule has 1 aromatic heterocycles. The highest BCUT2D eigenvalue weighted by Gasteiger charge is 2.30. The van der Waals surface area contributed by atoms with Gasteiger partial charge in [-0.3, -0.25) is 0 Å². The van der Waals surface area contributed by atoms with E-state index in [4.69, 9.17) is 0 Å². The Hall–Kier alpha value is -2.42. The molecule has 0 amide bonds.